The lowest BCUT2D eigenvalue weighted by molar-refractivity contribution is -0.126. The van der Waals surface area contributed by atoms with Crippen molar-refractivity contribution in [2.24, 2.45) is 0 Å². The largest absolute Gasteiger partial charge is 0.488 e. The predicted molar refractivity (Wildman–Crippen MR) is 154 cm³/mol. The second kappa shape index (κ2) is 11.2. The number of benzene rings is 2. The second-order valence-corrected chi connectivity index (χ2v) is 13.1. The summed E-state index contributed by atoms with van der Waals surface area (Å²) < 4.78 is 37.8. The van der Waals surface area contributed by atoms with Gasteiger partial charge >= 0.3 is 0 Å². The molecule has 2 aromatic carbocycles. The number of hydrogen-bond donors (Lipinski definition) is 2. The van der Waals surface area contributed by atoms with Gasteiger partial charge in [-0.1, -0.05) is 23.7 Å². The molecule has 1 amide bonds. The minimum Gasteiger partial charge on any atom is -0.488 e. The molecule has 0 spiro atoms. The molecule has 0 saturated carbocycles. The van der Waals surface area contributed by atoms with Crippen molar-refractivity contribution in [2.45, 2.75) is 56.4 Å². The summed E-state index contributed by atoms with van der Waals surface area (Å²) in [5.41, 5.74) is 4.11. The highest BCUT2D eigenvalue weighted by atomic mass is 35.5. The molecule has 12 heteroatoms. The van der Waals surface area contributed by atoms with Crippen LogP contribution in [0.1, 0.15) is 43.5 Å². The zero-order chi connectivity index (χ0) is 28.6. The maximum absolute atomic E-state index is 12.9. The fourth-order valence-corrected chi connectivity index (χ4v) is 6.47. The molecule has 5 rings (SSSR count). The Hall–Kier alpha value is -3.41. The molecule has 2 aliphatic heterocycles. The van der Waals surface area contributed by atoms with Crippen molar-refractivity contribution in [3.8, 4) is 5.75 Å². The van der Waals surface area contributed by atoms with Gasteiger partial charge in [0.1, 0.15) is 16.9 Å². The third-order valence-corrected chi connectivity index (χ3v) is 9.62. The van der Waals surface area contributed by atoms with E-state index < -0.39 is 15.1 Å². The van der Waals surface area contributed by atoms with E-state index in [1.807, 2.05) is 19.9 Å². The third kappa shape index (κ3) is 5.33. The molecule has 2 atom stereocenters. The molecule has 10 nitrogen and oxygen atoms in total. The first-order chi connectivity index (χ1) is 19.1. The van der Waals surface area contributed by atoms with Crippen molar-refractivity contribution in [1.29, 1.82) is 0 Å². The number of rotatable bonds is 8. The summed E-state index contributed by atoms with van der Waals surface area (Å²) in [6, 6.07) is 8.41. The highest BCUT2D eigenvalue weighted by Gasteiger charge is 2.34. The highest BCUT2D eigenvalue weighted by molar-refractivity contribution is 7.92. The smallest absolute Gasteiger partial charge is 0.229 e. The van der Waals surface area contributed by atoms with Gasteiger partial charge in [0.15, 0.2) is 15.7 Å². The van der Waals surface area contributed by atoms with Crippen LogP contribution in [-0.4, -0.2) is 60.8 Å². The normalized spacial score (nSPS) is 18.8. The van der Waals surface area contributed by atoms with Crippen LogP contribution < -0.4 is 15.4 Å². The number of para-hydroxylation sites is 1. The standard InChI is InChI=1S/C28H32ClN5O5S/c1-16(2)40(36,37)24-8-6-5-7-21(24)31-27-20(29)13-30-28(33-27)32-22-11-17(3)25(19-12-18(4)39-26(19)22)23-14-38-10-9-34(23)15-35/h5-8,11,13,15-16,18,23H,9-10,12,14H2,1-4H3,(H2,30,31,32,33). The van der Waals surface area contributed by atoms with Crippen LogP contribution in [0.2, 0.25) is 5.02 Å². The fourth-order valence-electron chi connectivity index (χ4n) is 5.13. The quantitative estimate of drug-likeness (QED) is 0.353. The van der Waals surface area contributed by atoms with Crippen molar-refractivity contribution < 1.29 is 22.7 Å². The first-order valence-corrected chi connectivity index (χ1v) is 15.0. The molecule has 1 saturated heterocycles. The average Bonchev–Trinajstić information content (AvgIpc) is 3.32. The first-order valence-electron chi connectivity index (χ1n) is 13.1. The molecule has 212 valence electrons. The molecule has 3 aromatic rings. The molecule has 0 bridgehead atoms. The number of nitrogens with one attached hydrogen (secondary N) is 2. The monoisotopic (exact) mass is 585 g/mol. The van der Waals surface area contributed by atoms with E-state index >= 15 is 0 Å². The molecule has 2 aliphatic rings. The molecule has 1 fully saturated rings. The second-order valence-electron chi connectivity index (χ2n) is 10.3. The first kappa shape index (κ1) is 28.1. The van der Waals surface area contributed by atoms with E-state index in [9.17, 15) is 13.2 Å². The number of ether oxygens (including phenoxy) is 2. The van der Waals surface area contributed by atoms with E-state index in [2.05, 4.69) is 20.6 Å². The SMILES string of the molecule is Cc1cc(Nc2ncc(Cl)c(Nc3ccccc3S(=O)(=O)C(C)C)n2)c2c(c1C1COCCN1C=O)CC(C)O2. The predicted octanol–water partition coefficient (Wildman–Crippen LogP) is 4.96. The van der Waals surface area contributed by atoms with Crippen LogP contribution in [0.5, 0.6) is 5.75 Å². The molecule has 1 aromatic heterocycles. The van der Waals surface area contributed by atoms with Gasteiger partial charge in [0.25, 0.3) is 0 Å². The summed E-state index contributed by atoms with van der Waals surface area (Å²) in [6.07, 6.45) is 2.98. The Morgan fingerprint density at radius 2 is 1.98 bits per heavy atom. The number of carbonyl (C=O) groups is 1. The Kier molecular flexibility index (Phi) is 7.89. The van der Waals surface area contributed by atoms with Crippen LogP contribution in [-0.2, 0) is 25.8 Å². The number of aromatic nitrogens is 2. The van der Waals surface area contributed by atoms with Crippen molar-refractivity contribution in [2.75, 3.05) is 30.4 Å². The van der Waals surface area contributed by atoms with Crippen molar-refractivity contribution >= 4 is 51.0 Å². The van der Waals surface area contributed by atoms with Crippen LogP contribution in [0.3, 0.4) is 0 Å². The number of sulfone groups is 1. The van der Waals surface area contributed by atoms with Crippen LogP contribution in [0.15, 0.2) is 41.4 Å². The van der Waals surface area contributed by atoms with E-state index in [1.165, 1.54) is 6.20 Å². The third-order valence-electron chi connectivity index (χ3n) is 7.14. The minimum absolute atomic E-state index is 0.0481. The minimum atomic E-state index is -3.55. The topological polar surface area (TPSA) is 123 Å². The number of hydrogen-bond acceptors (Lipinski definition) is 9. The maximum Gasteiger partial charge on any atom is 0.229 e. The number of morpholine rings is 1. The van der Waals surface area contributed by atoms with E-state index in [0.29, 0.717) is 43.3 Å². The summed E-state index contributed by atoms with van der Waals surface area (Å²) in [6.45, 7) is 8.76. The maximum atomic E-state index is 12.9. The fraction of sp³-hybridized carbons (Fsp3) is 0.393. The van der Waals surface area contributed by atoms with E-state index in [4.69, 9.17) is 21.1 Å². The van der Waals surface area contributed by atoms with Gasteiger partial charge in [0.2, 0.25) is 12.4 Å². The Morgan fingerprint density at radius 1 is 1.20 bits per heavy atom. The van der Waals surface area contributed by atoms with Gasteiger partial charge < -0.3 is 25.0 Å². The summed E-state index contributed by atoms with van der Waals surface area (Å²) >= 11 is 6.42. The Morgan fingerprint density at radius 3 is 2.73 bits per heavy atom. The Bertz CT molecular complexity index is 1550. The summed E-state index contributed by atoms with van der Waals surface area (Å²) in [4.78, 5) is 22.6. The molecule has 2 unspecified atom stereocenters. The van der Waals surface area contributed by atoms with Crippen LogP contribution in [0.4, 0.5) is 23.1 Å². The van der Waals surface area contributed by atoms with Gasteiger partial charge in [-0.3, -0.25) is 4.79 Å². The van der Waals surface area contributed by atoms with Gasteiger partial charge in [0.05, 0.1) is 47.0 Å². The van der Waals surface area contributed by atoms with Crippen molar-refractivity contribution in [3.63, 3.8) is 0 Å². The number of aryl methyl sites for hydroxylation is 1. The van der Waals surface area contributed by atoms with E-state index in [-0.39, 0.29) is 33.8 Å². The summed E-state index contributed by atoms with van der Waals surface area (Å²) in [7, 11) is -3.55. The Labute approximate surface area is 239 Å². The van der Waals surface area contributed by atoms with Gasteiger partial charge in [-0.05, 0) is 57.0 Å². The van der Waals surface area contributed by atoms with Crippen molar-refractivity contribution in [3.05, 3.63) is 58.2 Å². The number of halogens is 1. The van der Waals surface area contributed by atoms with Crippen molar-refractivity contribution in [1.82, 2.24) is 14.9 Å². The van der Waals surface area contributed by atoms with Crippen LogP contribution in [0, 0.1) is 6.92 Å². The molecule has 0 aliphatic carbocycles. The average molecular weight is 586 g/mol. The van der Waals surface area contributed by atoms with Crippen LogP contribution in [0.25, 0.3) is 0 Å². The lowest BCUT2D eigenvalue weighted by atomic mass is 9.91. The Balaban J connectivity index is 1.49. The number of fused-ring (bicyclic) bond motifs is 1. The van der Waals surface area contributed by atoms with Gasteiger partial charge in [-0.15, -0.1) is 0 Å². The number of anilines is 4. The zero-order valence-corrected chi connectivity index (χ0v) is 24.3. The zero-order valence-electron chi connectivity index (χ0n) is 22.8. The number of nitrogens with zero attached hydrogens (tertiary/aromatic N) is 3. The highest BCUT2D eigenvalue weighted by Crippen LogP contribution is 2.45. The molecule has 3 heterocycles. The van der Waals surface area contributed by atoms with Gasteiger partial charge in [0, 0.05) is 18.5 Å². The van der Waals surface area contributed by atoms with E-state index in [0.717, 1.165) is 23.1 Å². The van der Waals surface area contributed by atoms with Gasteiger partial charge in [-0.2, -0.15) is 4.98 Å². The number of amides is 1. The summed E-state index contributed by atoms with van der Waals surface area (Å²) in [5.74, 6) is 1.20. The lowest BCUT2D eigenvalue weighted by Gasteiger charge is -2.35. The number of carbonyl (C=O) groups excluding carboxylic acids is 1. The summed E-state index contributed by atoms with van der Waals surface area (Å²) in [5, 5.41) is 5.97. The molecule has 0 radical (unpaired) electrons. The molecular formula is C28H32ClN5O5S. The molecular weight excluding hydrogens is 554 g/mol. The van der Waals surface area contributed by atoms with E-state index in [1.54, 1.807) is 43.0 Å². The molecule has 2 N–H and O–H groups in total. The lowest BCUT2D eigenvalue weighted by Crippen LogP contribution is -2.39. The molecule has 40 heavy (non-hydrogen) atoms. The van der Waals surface area contributed by atoms with Crippen LogP contribution >= 0.6 is 11.6 Å². The van der Waals surface area contributed by atoms with Gasteiger partial charge in [-0.25, -0.2) is 13.4 Å².